The molecule has 18 heavy (non-hydrogen) atoms. The van der Waals surface area contributed by atoms with Gasteiger partial charge in [0.05, 0.1) is 5.69 Å². The summed E-state index contributed by atoms with van der Waals surface area (Å²) in [6, 6.07) is 13.1. The van der Waals surface area contributed by atoms with Gasteiger partial charge in [-0.2, -0.15) is 5.10 Å². The normalized spacial score (nSPS) is 12.6. The van der Waals surface area contributed by atoms with Crippen LogP contribution in [-0.4, -0.2) is 16.3 Å². The van der Waals surface area contributed by atoms with Crippen LogP contribution >= 0.6 is 0 Å². The van der Waals surface area contributed by atoms with Crippen LogP contribution < -0.4 is 5.32 Å². The van der Waals surface area contributed by atoms with Gasteiger partial charge in [-0.15, -0.1) is 0 Å². The maximum Gasteiger partial charge on any atom is 0.0637 e. The molecule has 0 aliphatic carbocycles. The third-order valence-corrected chi connectivity index (χ3v) is 3.15. The summed E-state index contributed by atoms with van der Waals surface area (Å²) in [6.07, 6.45) is 4.07. The van der Waals surface area contributed by atoms with E-state index in [1.165, 1.54) is 5.56 Å². The van der Waals surface area contributed by atoms with Gasteiger partial charge in [0.25, 0.3) is 0 Å². The first kappa shape index (κ1) is 12.8. The molecule has 1 heterocycles. The zero-order chi connectivity index (χ0) is 12.8. The smallest absolute Gasteiger partial charge is 0.0637 e. The van der Waals surface area contributed by atoms with Gasteiger partial charge >= 0.3 is 0 Å². The van der Waals surface area contributed by atoms with Crippen molar-refractivity contribution in [3.63, 3.8) is 0 Å². The minimum Gasteiger partial charge on any atom is -0.310 e. The third kappa shape index (κ3) is 3.44. The molecule has 2 rings (SSSR count). The second-order valence-electron chi connectivity index (χ2n) is 4.56. The molecule has 0 spiro atoms. The molecule has 0 amide bonds. The number of nitrogens with one attached hydrogen (secondary N) is 1. The van der Waals surface area contributed by atoms with Crippen molar-refractivity contribution in [1.82, 2.24) is 15.1 Å². The summed E-state index contributed by atoms with van der Waals surface area (Å²) in [7, 11) is 1.95. The van der Waals surface area contributed by atoms with E-state index in [2.05, 4.69) is 53.7 Å². The summed E-state index contributed by atoms with van der Waals surface area (Å²) in [4.78, 5) is 0. The fraction of sp³-hybridized carbons (Fsp3) is 0.400. The van der Waals surface area contributed by atoms with E-state index in [1.807, 2.05) is 17.9 Å². The molecule has 1 atom stereocenters. The van der Waals surface area contributed by atoms with E-state index in [0.29, 0.717) is 6.04 Å². The van der Waals surface area contributed by atoms with Gasteiger partial charge in [0.2, 0.25) is 0 Å². The van der Waals surface area contributed by atoms with E-state index >= 15 is 0 Å². The number of hydrogen-bond donors (Lipinski definition) is 1. The van der Waals surface area contributed by atoms with Crippen LogP contribution in [0.25, 0.3) is 0 Å². The van der Waals surface area contributed by atoms with E-state index in [4.69, 9.17) is 0 Å². The van der Waals surface area contributed by atoms with Gasteiger partial charge in [-0.3, -0.25) is 4.68 Å². The molecule has 0 saturated heterocycles. The van der Waals surface area contributed by atoms with E-state index in [1.54, 1.807) is 0 Å². The first-order valence-corrected chi connectivity index (χ1v) is 6.56. The lowest BCUT2D eigenvalue weighted by molar-refractivity contribution is 0.519. The van der Waals surface area contributed by atoms with E-state index < -0.39 is 0 Å². The Kier molecular flexibility index (Phi) is 4.53. The second-order valence-corrected chi connectivity index (χ2v) is 4.56. The number of aryl methyl sites for hydroxylation is 1. The number of nitrogens with zero attached hydrogens (tertiary/aromatic N) is 2. The van der Waals surface area contributed by atoms with Gasteiger partial charge in [0.15, 0.2) is 0 Å². The van der Waals surface area contributed by atoms with Gasteiger partial charge in [0, 0.05) is 32.3 Å². The number of rotatable bonds is 6. The summed E-state index contributed by atoms with van der Waals surface area (Å²) in [6.45, 7) is 3.18. The average Bonchev–Trinajstić information content (AvgIpc) is 2.81. The van der Waals surface area contributed by atoms with Crippen molar-refractivity contribution in [2.75, 3.05) is 6.54 Å². The summed E-state index contributed by atoms with van der Waals surface area (Å²) >= 11 is 0. The fourth-order valence-electron chi connectivity index (χ4n) is 2.15. The quantitative estimate of drug-likeness (QED) is 0.845. The molecule has 0 fully saturated rings. The molecule has 96 valence electrons. The van der Waals surface area contributed by atoms with E-state index in [9.17, 15) is 0 Å². The molecule has 1 aromatic heterocycles. The Bertz CT molecular complexity index is 462. The molecule has 3 nitrogen and oxygen atoms in total. The molecule has 3 heteroatoms. The average molecular weight is 243 g/mol. The van der Waals surface area contributed by atoms with Crippen molar-refractivity contribution in [2.45, 2.75) is 25.8 Å². The van der Waals surface area contributed by atoms with Gasteiger partial charge in [0.1, 0.15) is 0 Å². The Hall–Kier alpha value is -1.61. The Balaban J connectivity index is 1.84. The maximum atomic E-state index is 4.38. The molecule has 0 saturated carbocycles. The van der Waals surface area contributed by atoms with Crippen LogP contribution in [0.15, 0.2) is 42.6 Å². The SMILES string of the molecule is CCC(NCCc1ccn(C)n1)c1ccccc1. The second kappa shape index (κ2) is 6.36. The number of hydrogen-bond acceptors (Lipinski definition) is 2. The number of aromatic nitrogens is 2. The Morgan fingerprint density at radius 1 is 1.22 bits per heavy atom. The lowest BCUT2D eigenvalue weighted by atomic mass is 10.0. The topological polar surface area (TPSA) is 29.9 Å². The lowest BCUT2D eigenvalue weighted by Gasteiger charge is -2.16. The van der Waals surface area contributed by atoms with Crippen molar-refractivity contribution < 1.29 is 0 Å². The predicted octanol–water partition coefficient (Wildman–Crippen LogP) is 2.70. The highest BCUT2D eigenvalue weighted by atomic mass is 15.2. The fourth-order valence-corrected chi connectivity index (χ4v) is 2.15. The molecule has 1 aromatic carbocycles. The molecule has 0 aliphatic heterocycles. The summed E-state index contributed by atoms with van der Waals surface area (Å²) in [5.41, 5.74) is 2.51. The zero-order valence-corrected chi connectivity index (χ0v) is 11.1. The van der Waals surface area contributed by atoms with Crippen LogP contribution in [0.1, 0.15) is 30.6 Å². The van der Waals surface area contributed by atoms with Crippen molar-refractivity contribution in [3.8, 4) is 0 Å². The summed E-state index contributed by atoms with van der Waals surface area (Å²) in [5.74, 6) is 0. The highest BCUT2D eigenvalue weighted by molar-refractivity contribution is 5.18. The first-order valence-electron chi connectivity index (χ1n) is 6.56. The minimum absolute atomic E-state index is 0.440. The van der Waals surface area contributed by atoms with Gasteiger partial charge in [-0.1, -0.05) is 37.3 Å². The lowest BCUT2D eigenvalue weighted by Crippen LogP contribution is -2.23. The molecule has 0 aliphatic rings. The Morgan fingerprint density at radius 3 is 2.61 bits per heavy atom. The largest absolute Gasteiger partial charge is 0.310 e. The highest BCUT2D eigenvalue weighted by Crippen LogP contribution is 2.15. The predicted molar refractivity (Wildman–Crippen MR) is 74.4 cm³/mol. The van der Waals surface area contributed by atoms with Crippen LogP contribution in [0.2, 0.25) is 0 Å². The Labute approximate surface area is 109 Å². The van der Waals surface area contributed by atoms with Crippen LogP contribution in [0.3, 0.4) is 0 Å². The first-order chi connectivity index (χ1) is 8.79. The van der Waals surface area contributed by atoms with Gasteiger partial charge in [-0.05, 0) is 18.1 Å². The van der Waals surface area contributed by atoms with Crippen molar-refractivity contribution in [1.29, 1.82) is 0 Å². The molecule has 0 bridgehead atoms. The standard InChI is InChI=1S/C15H21N3/c1-3-15(13-7-5-4-6-8-13)16-11-9-14-10-12-18(2)17-14/h4-8,10,12,15-16H,3,9,11H2,1-2H3. The molecule has 2 aromatic rings. The van der Waals surface area contributed by atoms with Gasteiger partial charge in [-0.25, -0.2) is 0 Å². The van der Waals surface area contributed by atoms with Crippen LogP contribution in [0.4, 0.5) is 0 Å². The van der Waals surface area contributed by atoms with E-state index in [-0.39, 0.29) is 0 Å². The highest BCUT2D eigenvalue weighted by Gasteiger charge is 2.07. The molecular formula is C15H21N3. The number of benzene rings is 1. The van der Waals surface area contributed by atoms with Crippen molar-refractivity contribution >= 4 is 0 Å². The monoisotopic (exact) mass is 243 g/mol. The third-order valence-electron chi connectivity index (χ3n) is 3.15. The summed E-state index contributed by atoms with van der Waals surface area (Å²) in [5, 5.41) is 7.98. The zero-order valence-electron chi connectivity index (χ0n) is 11.1. The van der Waals surface area contributed by atoms with Crippen molar-refractivity contribution in [2.24, 2.45) is 7.05 Å². The molecule has 0 radical (unpaired) electrons. The maximum absolute atomic E-state index is 4.38. The van der Waals surface area contributed by atoms with Crippen LogP contribution in [0, 0.1) is 0 Å². The minimum atomic E-state index is 0.440. The Morgan fingerprint density at radius 2 is 2.00 bits per heavy atom. The summed E-state index contributed by atoms with van der Waals surface area (Å²) < 4.78 is 1.85. The van der Waals surface area contributed by atoms with Gasteiger partial charge < -0.3 is 5.32 Å². The van der Waals surface area contributed by atoms with Crippen LogP contribution in [0.5, 0.6) is 0 Å². The van der Waals surface area contributed by atoms with Crippen molar-refractivity contribution in [3.05, 3.63) is 53.9 Å². The molecule has 1 N–H and O–H groups in total. The van der Waals surface area contributed by atoms with Crippen LogP contribution in [-0.2, 0) is 13.5 Å². The molecule has 1 unspecified atom stereocenters. The van der Waals surface area contributed by atoms with E-state index in [0.717, 1.165) is 25.1 Å². The molecular weight excluding hydrogens is 222 g/mol.